The van der Waals surface area contributed by atoms with E-state index in [1.54, 1.807) is 0 Å². The number of aromatic nitrogens is 1. The standard InChI is InChI=1S/C13H20ClN/c1-3-5-6-11-7-8-15-13(9-11)10-12(14)4-2/h7-9,12H,3-6,10H2,1-2H3. The van der Waals surface area contributed by atoms with Crippen LogP contribution >= 0.6 is 11.6 Å². The maximum absolute atomic E-state index is 6.12. The van der Waals surface area contributed by atoms with E-state index >= 15 is 0 Å². The van der Waals surface area contributed by atoms with Gasteiger partial charge >= 0.3 is 0 Å². The first-order valence-corrected chi connectivity index (χ1v) is 6.27. The largest absolute Gasteiger partial charge is 0.261 e. The van der Waals surface area contributed by atoms with Crippen molar-refractivity contribution in [1.82, 2.24) is 4.98 Å². The van der Waals surface area contributed by atoms with Gasteiger partial charge in [-0.3, -0.25) is 4.98 Å². The van der Waals surface area contributed by atoms with Gasteiger partial charge in [0.15, 0.2) is 0 Å². The van der Waals surface area contributed by atoms with Gasteiger partial charge in [0.05, 0.1) is 0 Å². The van der Waals surface area contributed by atoms with Crippen molar-refractivity contribution < 1.29 is 0 Å². The number of aryl methyl sites for hydroxylation is 1. The summed E-state index contributed by atoms with van der Waals surface area (Å²) in [6.45, 7) is 4.33. The fourth-order valence-corrected chi connectivity index (χ4v) is 1.71. The lowest BCUT2D eigenvalue weighted by molar-refractivity contribution is 0.771. The SMILES string of the molecule is CCCCc1ccnc(CC(Cl)CC)c1. The number of halogens is 1. The molecule has 2 heteroatoms. The average Bonchev–Trinajstić information content (AvgIpc) is 2.26. The van der Waals surface area contributed by atoms with E-state index in [0.29, 0.717) is 0 Å². The molecule has 0 saturated heterocycles. The number of rotatable bonds is 6. The van der Waals surface area contributed by atoms with Crippen LogP contribution in [0, 0.1) is 0 Å². The molecule has 1 atom stereocenters. The summed E-state index contributed by atoms with van der Waals surface area (Å²) >= 11 is 6.12. The lowest BCUT2D eigenvalue weighted by Gasteiger charge is -2.07. The molecule has 0 aliphatic carbocycles. The Kier molecular flexibility index (Phi) is 5.70. The summed E-state index contributed by atoms with van der Waals surface area (Å²) in [6.07, 6.45) is 7.44. The minimum Gasteiger partial charge on any atom is -0.261 e. The third kappa shape index (κ3) is 4.65. The Balaban J connectivity index is 2.57. The maximum atomic E-state index is 6.12. The van der Waals surface area contributed by atoms with Gasteiger partial charge in [0, 0.05) is 23.7 Å². The van der Waals surface area contributed by atoms with Crippen LogP contribution in [0.1, 0.15) is 44.4 Å². The first-order valence-electron chi connectivity index (χ1n) is 5.84. The van der Waals surface area contributed by atoms with Crippen molar-refractivity contribution in [3.63, 3.8) is 0 Å². The summed E-state index contributed by atoms with van der Waals surface area (Å²) in [7, 11) is 0. The van der Waals surface area contributed by atoms with Crippen molar-refractivity contribution in [1.29, 1.82) is 0 Å². The van der Waals surface area contributed by atoms with Crippen LogP contribution < -0.4 is 0 Å². The normalized spacial score (nSPS) is 12.7. The fraction of sp³-hybridized carbons (Fsp3) is 0.615. The highest BCUT2D eigenvalue weighted by Crippen LogP contribution is 2.12. The van der Waals surface area contributed by atoms with E-state index in [1.165, 1.54) is 18.4 Å². The summed E-state index contributed by atoms with van der Waals surface area (Å²) in [5.74, 6) is 0. The van der Waals surface area contributed by atoms with E-state index in [2.05, 4.69) is 31.0 Å². The second-order valence-electron chi connectivity index (χ2n) is 3.97. The van der Waals surface area contributed by atoms with Crippen LogP contribution in [0.4, 0.5) is 0 Å². The van der Waals surface area contributed by atoms with Crippen LogP contribution in [0.25, 0.3) is 0 Å². The van der Waals surface area contributed by atoms with E-state index in [4.69, 9.17) is 11.6 Å². The molecule has 0 aliphatic heterocycles. The Bertz CT molecular complexity index is 286. The molecule has 0 radical (unpaired) electrons. The highest BCUT2D eigenvalue weighted by atomic mass is 35.5. The predicted octanol–water partition coefficient (Wildman–Crippen LogP) is 3.98. The van der Waals surface area contributed by atoms with Crippen LogP contribution in [-0.2, 0) is 12.8 Å². The minimum absolute atomic E-state index is 0.221. The zero-order chi connectivity index (χ0) is 11.1. The van der Waals surface area contributed by atoms with Gasteiger partial charge in [-0.15, -0.1) is 11.6 Å². The van der Waals surface area contributed by atoms with E-state index < -0.39 is 0 Å². The second-order valence-corrected chi connectivity index (χ2v) is 4.59. The minimum atomic E-state index is 0.221. The first kappa shape index (κ1) is 12.5. The Morgan fingerprint density at radius 3 is 2.87 bits per heavy atom. The predicted molar refractivity (Wildman–Crippen MR) is 66.5 cm³/mol. The molecule has 84 valence electrons. The van der Waals surface area contributed by atoms with Gasteiger partial charge < -0.3 is 0 Å². The highest BCUT2D eigenvalue weighted by molar-refractivity contribution is 6.20. The van der Waals surface area contributed by atoms with Gasteiger partial charge in [0.25, 0.3) is 0 Å². The zero-order valence-electron chi connectivity index (χ0n) is 9.67. The van der Waals surface area contributed by atoms with Gasteiger partial charge in [0.2, 0.25) is 0 Å². The molecule has 0 N–H and O–H groups in total. The molecule has 0 bridgehead atoms. The summed E-state index contributed by atoms with van der Waals surface area (Å²) in [4.78, 5) is 4.35. The summed E-state index contributed by atoms with van der Waals surface area (Å²) < 4.78 is 0. The highest BCUT2D eigenvalue weighted by Gasteiger charge is 2.04. The number of alkyl halides is 1. The van der Waals surface area contributed by atoms with Crippen LogP contribution in [0.2, 0.25) is 0 Å². The van der Waals surface area contributed by atoms with Gasteiger partial charge in [-0.05, 0) is 37.0 Å². The quantitative estimate of drug-likeness (QED) is 0.668. The molecule has 1 aromatic rings. The Morgan fingerprint density at radius 1 is 1.40 bits per heavy atom. The lowest BCUT2D eigenvalue weighted by atomic mass is 10.1. The molecule has 0 fully saturated rings. The number of unbranched alkanes of at least 4 members (excludes halogenated alkanes) is 1. The average molecular weight is 226 g/mol. The van der Waals surface area contributed by atoms with Crippen LogP contribution in [0.3, 0.4) is 0 Å². The molecule has 0 aliphatic rings. The molecule has 1 aromatic heterocycles. The molecule has 0 amide bonds. The smallest absolute Gasteiger partial charge is 0.0421 e. The topological polar surface area (TPSA) is 12.9 Å². The molecular formula is C13H20ClN. The third-order valence-electron chi connectivity index (χ3n) is 2.57. The van der Waals surface area contributed by atoms with Gasteiger partial charge in [0.1, 0.15) is 0 Å². The van der Waals surface area contributed by atoms with Crippen molar-refractivity contribution in [2.45, 2.75) is 51.3 Å². The van der Waals surface area contributed by atoms with E-state index in [0.717, 1.165) is 25.0 Å². The summed E-state index contributed by atoms with van der Waals surface area (Å²) in [5, 5.41) is 0.221. The molecule has 1 heterocycles. The van der Waals surface area contributed by atoms with E-state index in [1.807, 2.05) is 6.20 Å². The fourth-order valence-electron chi connectivity index (χ4n) is 1.55. The van der Waals surface area contributed by atoms with Gasteiger partial charge in [-0.2, -0.15) is 0 Å². The molecule has 15 heavy (non-hydrogen) atoms. The molecular weight excluding hydrogens is 206 g/mol. The van der Waals surface area contributed by atoms with Crippen molar-refractivity contribution in [3.8, 4) is 0 Å². The van der Waals surface area contributed by atoms with Crippen molar-refractivity contribution in [2.24, 2.45) is 0 Å². The van der Waals surface area contributed by atoms with Crippen molar-refractivity contribution >= 4 is 11.6 Å². The second kappa shape index (κ2) is 6.84. The molecule has 0 aromatic carbocycles. The number of hydrogen-bond acceptors (Lipinski definition) is 1. The Hall–Kier alpha value is -0.560. The number of pyridine rings is 1. The van der Waals surface area contributed by atoms with Crippen LogP contribution in [0.15, 0.2) is 18.3 Å². The van der Waals surface area contributed by atoms with E-state index in [9.17, 15) is 0 Å². The Morgan fingerprint density at radius 2 is 2.20 bits per heavy atom. The van der Waals surface area contributed by atoms with E-state index in [-0.39, 0.29) is 5.38 Å². The third-order valence-corrected chi connectivity index (χ3v) is 3.04. The molecule has 1 nitrogen and oxygen atoms in total. The number of hydrogen-bond donors (Lipinski definition) is 0. The maximum Gasteiger partial charge on any atom is 0.0421 e. The monoisotopic (exact) mass is 225 g/mol. The number of nitrogens with zero attached hydrogens (tertiary/aromatic N) is 1. The summed E-state index contributed by atoms with van der Waals surface area (Å²) in [5.41, 5.74) is 2.52. The lowest BCUT2D eigenvalue weighted by Crippen LogP contribution is -2.03. The van der Waals surface area contributed by atoms with Crippen molar-refractivity contribution in [3.05, 3.63) is 29.6 Å². The van der Waals surface area contributed by atoms with Gasteiger partial charge in [-0.25, -0.2) is 0 Å². The molecule has 0 saturated carbocycles. The summed E-state index contributed by atoms with van der Waals surface area (Å²) in [6, 6.07) is 4.30. The molecule has 1 unspecified atom stereocenters. The van der Waals surface area contributed by atoms with Gasteiger partial charge in [-0.1, -0.05) is 20.3 Å². The molecule has 1 rings (SSSR count). The molecule has 0 spiro atoms. The van der Waals surface area contributed by atoms with Crippen LogP contribution in [0.5, 0.6) is 0 Å². The Labute approximate surface area is 97.9 Å². The van der Waals surface area contributed by atoms with Crippen molar-refractivity contribution in [2.75, 3.05) is 0 Å². The zero-order valence-corrected chi connectivity index (χ0v) is 10.4. The van der Waals surface area contributed by atoms with Crippen LogP contribution in [-0.4, -0.2) is 10.4 Å². The first-order chi connectivity index (χ1) is 7.26.